The zero-order valence-corrected chi connectivity index (χ0v) is 9.44. The van der Waals surface area contributed by atoms with Crippen LogP contribution in [0.2, 0.25) is 0 Å². The summed E-state index contributed by atoms with van der Waals surface area (Å²) >= 11 is 1.12. The average Bonchev–Trinajstić information content (AvgIpc) is 2.95. The first kappa shape index (κ1) is 10.1. The first-order valence-electron chi connectivity index (χ1n) is 5.00. The van der Waals surface area contributed by atoms with E-state index in [0.717, 1.165) is 27.7 Å². The highest BCUT2D eigenvalue weighted by atomic mass is 32.1. The molecule has 0 saturated carbocycles. The van der Waals surface area contributed by atoms with Crippen molar-refractivity contribution in [2.24, 2.45) is 0 Å². The minimum atomic E-state index is -0.393. The Kier molecular flexibility index (Phi) is 2.22. The number of anilines is 1. The Morgan fingerprint density at radius 1 is 1.29 bits per heavy atom. The Morgan fingerprint density at radius 3 is 2.82 bits per heavy atom. The van der Waals surface area contributed by atoms with Gasteiger partial charge >= 0.3 is 5.00 Å². The van der Waals surface area contributed by atoms with Gasteiger partial charge in [-0.25, -0.2) is 0 Å². The molecule has 1 aliphatic rings. The molecule has 1 aliphatic heterocycles. The van der Waals surface area contributed by atoms with Crippen molar-refractivity contribution in [3.8, 4) is 5.75 Å². The second kappa shape index (κ2) is 3.74. The van der Waals surface area contributed by atoms with Crippen molar-refractivity contribution >= 4 is 22.0 Å². The number of hydrogen-bond donors (Lipinski definition) is 1. The number of nitrogens with zero attached hydrogens (tertiary/aromatic N) is 1. The highest BCUT2D eigenvalue weighted by Gasteiger charge is 2.25. The lowest BCUT2D eigenvalue weighted by Gasteiger charge is -2.07. The molecule has 17 heavy (non-hydrogen) atoms. The minimum Gasteiger partial charge on any atom is -0.463 e. The number of benzene rings is 1. The van der Waals surface area contributed by atoms with Crippen LogP contribution in [0.1, 0.15) is 11.1 Å². The second-order valence-corrected chi connectivity index (χ2v) is 4.67. The largest absolute Gasteiger partial charge is 0.463 e. The van der Waals surface area contributed by atoms with Crippen molar-refractivity contribution in [1.82, 2.24) is 0 Å². The standard InChI is InChI=1S/C11H8N2O3S/c14-13(15)10-6-5-9(17-10)11-12-7-3-1-2-4-8(7)16-11/h1-6,11-12H/t11-/m1/s1. The van der Waals surface area contributed by atoms with Crippen LogP contribution in [0.5, 0.6) is 5.75 Å². The molecule has 2 aromatic rings. The SMILES string of the molecule is O=[N+]([O-])c1ccc([C@@H]2Nc3ccccc3O2)s1. The van der Waals surface area contributed by atoms with E-state index in [9.17, 15) is 10.1 Å². The molecule has 1 atom stereocenters. The lowest BCUT2D eigenvalue weighted by atomic mass is 10.3. The summed E-state index contributed by atoms with van der Waals surface area (Å²) in [6.07, 6.45) is -0.328. The third-order valence-corrected chi connectivity index (χ3v) is 3.55. The molecule has 0 fully saturated rings. The summed E-state index contributed by atoms with van der Waals surface area (Å²) in [5.41, 5.74) is 0.911. The van der Waals surface area contributed by atoms with E-state index in [4.69, 9.17) is 4.74 Å². The maximum atomic E-state index is 10.6. The van der Waals surface area contributed by atoms with Gasteiger partial charge < -0.3 is 10.1 Å². The molecule has 6 heteroatoms. The number of hydrogen-bond acceptors (Lipinski definition) is 5. The van der Waals surface area contributed by atoms with Crippen LogP contribution in [-0.4, -0.2) is 4.92 Å². The molecule has 0 radical (unpaired) electrons. The Morgan fingerprint density at radius 2 is 2.12 bits per heavy atom. The van der Waals surface area contributed by atoms with Gasteiger partial charge in [-0.15, -0.1) is 0 Å². The van der Waals surface area contributed by atoms with Gasteiger partial charge in [-0.2, -0.15) is 0 Å². The molecular formula is C11H8N2O3S. The molecule has 5 nitrogen and oxygen atoms in total. The summed E-state index contributed by atoms with van der Waals surface area (Å²) in [6.45, 7) is 0. The fourth-order valence-corrected chi connectivity index (χ4v) is 2.50. The summed E-state index contributed by atoms with van der Waals surface area (Å²) in [7, 11) is 0. The van der Waals surface area contributed by atoms with Crippen LogP contribution < -0.4 is 10.1 Å². The normalized spacial score (nSPS) is 17.1. The zero-order chi connectivity index (χ0) is 11.8. The summed E-state index contributed by atoms with van der Waals surface area (Å²) in [6, 6.07) is 10.8. The molecule has 0 unspecified atom stereocenters. The van der Waals surface area contributed by atoms with Crippen molar-refractivity contribution < 1.29 is 9.66 Å². The lowest BCUT2D eigenvalue weighted by molar-refractivity contribution is -0.380. The third-order valence-electron chi connectivity index (χ3n) is 2.47. The fourth-order valence-electron chi connectivity index (χ4n) is 1.70. The van der Waals surface area contributed by atoms with Crippen LogP contribution in [-0.2, 0) is 0 Å². The molecule has 0 bridgehead atoms. The van der Waals surface area contributed by atoms with Gasteiger partial charge in [0.25, 0.3) is 0 Å². The summed E-state index contributed by atoms with van der Waals surface area (Å²) in [5.74, 6) is 0.772. The summed E-state index contributed by atoms with van der Waals surface area (Å²) < 4.78 is 5.66. The Hall–Kier alpha value is -2.08. The van der Waals surface area contributed by atoms with Crippen molar-refractivity contribution in [1.29, 1.82) is 0 Å². The van der Waals surface area contributed by atoms with Crippen molar-refractivity contribution in [3.05, 3.63) is 51.4 Å². The van der Waals surface area contributed by atoms with E-state index >= 15 is 0 Å². The molecule has 86 valence electrons. The average molecular weight is 248 g/mol. The van der Waals surface area contributed by atoms with E-state index in [-0.39, 0.29) is 11.2 Å². The molecule has 1 aromatic heterocycles. The summed E-state index contributed by atoms with van der Waals surface area (Å²) in [4.78, 5) is 11.0. The number of ether oxygens (including phenoxy) is 1. The maximum Gasteiger partial charge on any atom is 0.324 e. The van der Waals surface area contributed by atoms with Crippen molar-refractivity contribution in [2.75, 3.05) is 5.32 Å². The fraction of sp³-hybridized carbons (Fsp3) is 0.0909. The highest BCUT2D eigenvalue weighted by Crippen LogP contribution is 2.40. The first-order valence-corrected chi connectivity index (χ1v) is 5.82. The minimum absolute atomic E-state index is 0.126. The Balaban J connectivity index is 1.86. The quantitative estimate of drug-likeness (QED) is 0.655. The Bertz CT molecular complexity index is 557. The zero-order valence-electron chi connectivity index (χ0n) is 8.62. The number of nitrogens with one attached hydrogen (secondary N) is 1. The van der Waals surface area contributed by atoms with Crippen LogP contribution >= 0.6 is 11.3 Å². The van der Waals surface area contributed by atoms with Crippen molar-refractivity contribution in [3.63, 3.8) is 0 Å². The highest BCUT2D eigenvalue weighted by molar-refractivity contribution is 7.15. The smallest absolute Gasteiger partial charge is 0.324 e. The number of nitro groups is 1. The van der Waals surface area contributed by atoms with E-state index in [1.54, 1.807) is 6.07 Å². The number of thiophene rings is 1. The van der Waals surface area contributed by atoms with Gasteiger partial charge in [0.05, 0.1) is 15.5 Å². The van der Waals surface area contributed by atoms with Crippen LogP contribution in [0.3, 0.4) is 0 Å². The van der Waals surface area contributed by atoms with Gasteiger partial charge in [-0.1, -0.05) is 23.5 Å². The summed E-state index contributed by atoms with van der Waals surface area (Å²) in [5, 5.41) is 13.9. The predicted molar refractivity (Wildman–Crippen MR) is 64.4 cm³/mol. The van der Waals surface area contributed by atoms with Crippen LogP contribution in [0.15, 0.2) is 36.4 Å². The van der Waals surface area contributed by atoms with E-state index in [1.807, 2.05) is 24.3 Å². The maximum absolute atomic E-state index is 10.6. The van der Waals surface area contributed by atoms with Gasteiger partial charge in [0.1, 0.15) is 5.75 Å². The molecule has 3 rings (SSSR count). The van der Waals surface area contributed by atoms with E-state index in [1.165, 1.54) is 6.07 Å². The van der Waals surface area contributed by atoms with Gasteiger partial charge in [-0.3, -0.25) is 10.1 Å². The van der Waals surface area contributed by atoms with Crippen LogP contribution in [0, 0.1) is 10.1 Å². The van der Waals surface area contributed by atoms with E-state index in [0.29, 0.717) is 0 Å². The molecule has 1 aromatic carbocycles. The van der Waals surface area contributed by atoms with Gasteiger partial charge in [-0.05, 0) is 18.2 Å². The first-order chi connectivity index (χ1) is 8.24. The lowest BCUT2D eigenvalue weighted by Crippen LogP contribution is -2.07. The van der Waals surface area contributed by atoms with E-state index < -0.39 is 4.92 Å². The molecule has 0 amide bonds. The third kappa shape index (κ3) is 1.72. The second-order valence-electron chi connectivity index (χ2n) is 3.57. The van der Waals surface area contributed by atoms with Gasteiger partial charge in [0.2, 0.25) is 6.23 Å². The molecule has 2 heterocycles. The molecule has 0 aliphatic carbocycles. The number of fused-ring (bicyclic) bond motifs is 1. The van der Waals surface area contributed by atoms with Crippen molar-refractivity contribution in [2.45, 2.75) is 6.23 Å². The van der Waals surface area contributed by atoms with Gasteiger partial charge in [0, 0.05) is 6.07 Å². The number of rotatable bonds is 2. The number of para-hydroxylation sites is 2. The molecule has 0 spiro atoms. The van der Waals surface area contributed by atoms with Crippen LogP contribution in [0.25, 0.3) is 0 Å². The van der Waals surface area contributed by atoms with E-state index in [2.05, 4.69) is 5.32 Å². The topological polar surface area (TPSA) is 64.4 Å². The van der Waals surface area contributed by atoms with Crippen LogP contribution in [0.4, 0.5) is 10.7 Å². The molecular weight excluding hydrogens is 240 g/mol. The Labute approximate surface area is 101 Å². The molecule has 1 N–H and O–H groups in total. The predicted octanol–water partition coefficient (Wildman–Crippen LogP) is 3.16. The monoisotopic (exact) mass is 248 g/mol. The molecule has 0 saturated heterocycles. The van der Waals surface area contributed by atoms with Gasteiger partial charge in [0.15, 0.2) is 0 Å².